The third-order valence-corrected chi connectivity index (χ3v) is 6.53. The quantitative estimate of drug-likeness (QED) is 0.710. The molecule has 1 amide bonds. The molecule has 0 aromatic heterocycles. The van der Waals surface area contributed by atoms with Gasteiger partial charge in [-0.3, -0.25) is 4.79 Å². The average molecular weight is 403 g/mol. The monoisotopic (exact) mass is 402 g/mol. The summed E-state index contributed by atoms with van der Waals surface area (Å²) in [6.45, 7) is 0.789. The molecule has 2 atom stereocenters. The van der Waals surface area contributed by atoms with E-state index in [1.54, 1.807) is 0 Å². The average Bonchev–Trinajstić information content (AvgIpc) is 3.51. The van der Waals surface area contributed by atoms with Crippen molar-refractivity contribution in [1.82, 2.24) is 10.6 Å². The SMILES string of the molecule is CN[C@H]1CC[C@@H](c2ccc(Cl)c(Cl)c2)c2ccc(C(=O)NCC3CC3)cc21. The molecule has 0 aliphatic heterocycles. The predicted molar refractivity (Wildman–Crippen MR) is 111 cm³/mol. The third-order valence-electron chi connectivity index (χ3n) is 5.79. The Hall–Kier alpha value is -1.55. The van der Waals surface area contributed by atoms with Crippen LogP contribution in [0.25, 0.3) is 0 Å². The van der Waals surface area contributed by atoms with Gasteiger partial charge in [0.25, 0.3) is 5.91 Å². The molecule has 1 saturated carbocycles. The molecule has 1 fully saturated rings. The number of fused-ring (bicyclic) bond motifs is 1. The molecule has 142 valence electrons. The summed E-state index contributed by atoms with van der Waals surface area (Å²) >= 11 is 12.3. The Bertz CT molecular complexity index is 863. The van der Waals surface area contributed by atoms with Crippen LogP contribution in [0.3, 0.4) is 0 Å². The maximum Gasteiger partial charge on any atom is 0.251 e. The van der Waals surface area contributed by atoms with Gasteiger partial charge in [-0.05, 0) is 79.6 Å². The van der Waals surface area contributed by atoms with Crippen LogP contribution < -0.4 is 10.6 Å². The zero-order valence-electron chi connectivity index (χ0n) is 15.4. The van der Waals surface area contributed by atoms with Crippen molar-refractivity contribution >= 4 is 29.1 Å². The number of carbonyl (C=O) groups excluding carboxylic acids is 1. The lowest BCUT2D eigenvalue weighted by molar-refractivity contribution is 0.0951. The van der Waals surface area contributed by atoms with Gasteiger partial charge < -0.3 is 10.6 Å². The standard InChI is InChI=1S/C22H24Cl2N2O/c1-25-21-9-7-16(14-5-8-19(23)20(24)11-14)17-6-4-15(10-18(17)21)22(27)26-12-13-2-3-13/h4-6,8,10-11,13,16,21,25H,2-3,7,9,12H2,1H3,(H,26,27)/t16-,21-/m0/s1. The number of rotatable bonds is 5. The Kier molecular flexibility index (Phi) is 5.45. The second-order valence-corrected chi connectivity index (χ2v) is 8.46. The Morgan fingerprint density at radius 2 is 1.81 bits per heavy atom. The topological polar surface area (TPSA) is 41.1 Å². The lowest BCUT2D eigenvalue weighted by Crippen LogP contribution is -2.28. The first-order valence-corrected chi connectivity index (χ1v) is 10.4. The Morgan fingerprint density at radius 3 is 2.52 bits per heavy atom. The maximum absolute atomic E-state index is 12.5. The van der Waals surface area contributed by atoms with Crippen LogP contribution in [-0.2, 0) is 0 Å². The van der Waals surface area contributed by atoms with Crippen molar-refractivity contribution in [2.75, 3.05) is 13.6 Å². The summed E-state index contributed by atoms with van der Waals surface area (Å²) in [6.07, 6.45) is 4.51. The normalized spacial score (nSPS) is 21.6. The first-order valence-electron chi connectivity index (χ1n) is 9.61. The summed E-state index contributed by atoms with van der Waals surface area (Å²) in [5.74, 6) is 0.967. The molecule has 2 N–H and O–H groups in total. The van der Waals surface area contributed by atoms with E-state index in [2.05, 4.69) is 28.8 Å². The van der Waals surface area contributed by atoms with Gasteiger partial charge in [-0.25, -0.2) is 0 Å². The van der Waals surface area contributed by atoms with Gasteiger partial charge in [0, 0.05) is 24.1 Å². The lowest BCUT2D eigenvalue weighted by Gasteiger charge is -2.32. The molecular weight excluding hydrogens is 379 g/mol. The second kappa shape index (κ2) is 7.83. The molecule has 0 bridgehead atoms. The number of benzene rings is 2. The minimum absolute atomic E-state index is 0.0243. The Morgan fingerprint density at radius 1 is 1.00 bits per heavy atom. The molecule has 0 radical (unpaired) electrons. The van der Waals surface area contributed by atoms with Gasteiger partial charge in [-0.15, -0.1) is 0 Å². The molecule has 0 spiro atoms. The van der Waals surface area contributed by atoms with Gasteiger partial charge in [-0.1, -0.05) is 35.3 Å². The summed E-state index contributed by atoms with van der Waals surface area (Å²) in [4.78, 5) is 12.5. The summed E-state index contributed by atoms with van der Waals surface area (Å²) in [7, 11) is 1.98. The van der Waals surface area contributed by atoms with Crippen LogP contribution in [0.15, 0.2) is 36.4 Å². The van der Waals surface area contributed by atoms with Crippen LogP contribution >= 0.6 is 23.2 Å². The highest BCUT2D eigenvalue weighted by Crippen LogP contribution is 2.42. The van der Waals surface area contributed by atoms with Crippen LogP contribution in [0.2, 0.25) is 10.0 Å². The van der Waals surface area contributed by atoms with Crippen molar-refractivity contribution in [3.8, 4) is 0 Å². The Balaban J connectivity index is 1.65. The summed E-state index contributed by atoms with van der Waals surface area (Å²) in [5, 5.41) is 7.63. The molecule has 3 nitrogen and oxygen atoms in total. The Labute approximate surface area is 170 Å². The van der Waals surface area contributed by atoms with Crippen molar-refractivity contribution in [2.45, 2.75) is 37.6 Å². The van der Waals surface area contributed by atoms with Crippen LogP contribution in [-0.4, -0.2) is 19.5 Å². The maximum atomic E-state index is 12.5. The van der Waals surface area contributed by atoms with E-state index in [9.17, 15) is 4.79 Å². The first kappa shape index (κ1) is 18.8. The van der Waals surface area contributed by atoms with Crippen molar-refractivity contribution in [3.05, 3.63) is 68.7 Å². The highest BCUT2D eigenvalue weighted by molar-refractivity contribution is 6.42. The number of hydrogen-bond acceptors (Lipinski definition) is 2. The molecular formula is C22H24Cl2N2O. The van der Waals surface area contributed by atoms with E-state index in [1.807, 2.05) is 25.2 Å². The number of amides is 1. The molecule has 5 heteroatoms. The third kappa shape index (κ3) is 4.01. The minimum atomic E-state index is 0.0243. The largest absolute Gasteiger partial charge is 0.352 e. The van der Waals surface area contributed by atoms with Crippen molar-refractivity contribution in [3.63, 3.8) is 0 Å². The molecule has 2 aliphatic carbocycles. The van der Waals surface area contributed by atoms with Crippen LogP contribution in [0, 0.1) is 5.92 Å². The smallest absolute Gasteiger partial charge is 0.251 e. The number of hydrogen-bond donors (Lipinski definition) is 2. The number of nitrogens with one attached hydrogen (secondary N) is 2. The van der Waals surface area contributed by atoms with Crippen molar-refractivity contribution in [1.29, 1.82) is 0 Å². The molecule has 0 heterocycles. The first-order chi connectivity index (χ1) is 13.1. The van der Waals surface area contributed by atoms with Gasteiger partial charge in [0.2, 0.25) is 0 Å². The van der Waals surface area contributed by atoms with E-state index < -0.39 is 0 Å². The van der Waals surface area contributed by atoms with E-state index in [-0.39, 0.29) is 17.9 Å². The van der Waals surface area contributed by atoms with Gasteiger partial charge in [0.05, 0.1) is 10.0 Å². The van der Waals surface area contributed by atoms with E-state index in [0.717, 1.165) is 24.9 Å². The zero-order valence-corrected chi connectivity index (χ0v) is 16.9. The fourth-order valence-electron chi connectivity index (χ4n) is 4.02. The fourth-order valence-corrected chi connectivity index (χ4v) is 4.32. The molecule has 4 rings (SSSR count). The molecule has 27 heavy (non-hydrogen) atoms. The fraction of sp³-hybridized carbons (Fsp3) is 0.409. The van der Waals surface area contributed by atoms with Gasteiger partial charge in [0.15, 0.2) is 0 Å². The molecule has 2 aliphatic rings. The molecule has 0 saturated heterocycles. The van der Waals surface area contributed by atoms with Gasteiger partial charge >= 0.3 is 0 Å². The van der Waals surface area contributed by atoms with E-state index >= 15 is 0 Å². The van der Waals surface area contributed by atoms with E-state index in [1.165, 1.54) is 29.5 Å². The highest BCUT2D eigenvalue weighted by Gasteiger charge is 2.29. The van der Waals surface area contributed by atoms with Crippen LogP contribution in [0.1, 0.15) is 64.7 Å². The van der Waals surface area contributed by atoms with E-state index in [4.69, 9.17) is 23.2 Å². The predicted octanol–water partition coefficient (Wildman–Crippen LogP) is 5.32. The van der Waals surface area contributed by atoms with Gasteiger partial charge in [0.1, 0.15) is 0 Å². The molecule has 2 aromatic rings. The molecule has 2 aromatic carbocycles. The van der Waals surface area contributed by atoms with Crippen LogP contribution in [0.5, 0.6) is 0 Å². The van der Waals surface area contributed by atoms with Gasteiger partial charge in [-0.2, -0.15) is 0 Å². The summed E-state index contributed by atoms with van der Waals surface area (Å²) in [6, 6.07) is 12.3. The summed E-state index contributed by atoms with van der Waals surface area (Å²) < 4.78 is 0. The second-order valence-electron chi connectivity index (χ2n) is 7.64. The zero-order chi connectivity index (χ0) is 19.0. The minimum Gasteiger partial charge on any atom is -0.352 e. The number of carbonyl (C=O) groups is 1. The number of halogens is 2. The molecule has 0 unspecified atom stereocenters. The van der Waals surface area contributed by atoms with E-state index in [0.29, 0.717) is 16.0 Å². The van der Waals surface area contributed by atoms with Crippen LogP contribution in [0.4, 0.5) is 0 Å². The highest BCUT2D eigenvalue weighted by atomic mass is 35.5. The van der Waals surface area contributed by atoms with Crippen molar-refractivity contribution < 1.29 is 4.79 Å². The summed E-state index contributed by atoms with van der Waals surface area (Å²) in [5.41, 5.74) is 4.38. The lowest BCUT2D eigenvalue weighted by atomic mass is 9.76. The van der Waals surface area contributed by atoms with Crippen molar-refractivity contribution in [2.24, 2.45) is 5.92 Å².